The third-order valence-electron chi connectivity index (χ3n) is 2.82. The van der Waals surface area contributed by atoms with Crippen LogP contribution in [0.2, 0.25) is 0 Å². The van der Waals surface area contributed by atoms with Crippen LogP contribution in [0.1, 0.15) is 45.2 Å². The molecule has 0 aliphatic carbocycles. The van der Waals surface area contributed by atoms with Gasteiger partial charge in [0.25, 0.3) is 0 Å². The van der Waals surface area contributed by atoms with Crippen molar-refractivity contribution in [1.29, 1.82) is 0 Å². The van der Waals surface area contributed by atoms with Gasteiger partial charge in [-0.15, -0.1) is 0 Å². The zero-order chi connectivity index (χ0) is 12.8. The molecule has 17 heavy (non-hydrogen) atoms. The molecule has 0 aromatic heterocycles. The Morgan fingerprint density at radius 2 is 1.94 bits per heavy atom. The Morgan fingerprint density at radius 1 is 1.24 bits per heavy atom. The van der Waals surface area contributed by atoms with Gasteiger partial charge in [0, 0.05) is 18.2 Å². The van der Waals surface area contributed by atoms with Crippen molar-refractivity contribution in [2.45, 2.75) is 59.7 Å². The Bertz CT molecular complexity index is 347. The molecular formula is C15H25NO. The molecular weight excluding hydrogens is 210 g/mol. The smallest absolute Gasteiger partial charge is 0.124 e. The highest BCUT2D eigenvalue weighted by atomic mass is 16.5. The normalized spacial score (nSPS) is 12.8. The number of benzene rings is 1. The molecule has 0 saturated carbocycles. The summed E-state index contributed by atoms with van der Waals surface area (Å²) < 4.78 is 5.94. The molecule has 0 spiro atoms. The maximum atomic E-state index is 5.94. The molecule has 0 fully saturated rings. The van der Waals surface area contributed by atoms with Crippen molar-refractivity contribution in [3.05, 3.63) is 29.3 Å². The zero-order valence-corrected chi connectivity index (χ0v) is 11.7. The number of aryl methyl sites for hydroxylation is 1. The second-order valence-electron chi connectivity index (χ2n) is 4.98. The molecule has 1 atom stereocenters. The first-order valence-corrected chi connectivity index (χ1v) is 6.52. The topological polar surface area (TPSA) is 21.3 Å². The monoisotopic (exact) mass is 235 g/mol. The molecule has 2 heteroatoms. The summed E-state index contributed by atoms with van der Waals surface area (Å²) in [6, 6.07) is 6.88. The second-order valence-corrected chi connectivity index (χ2v) is 4.98. The molecule has 1 unspecified atom stereocenters. The van der Waals surface area contributed by atoms with E-state index in [1.54, 1.807) is 0 Å². The third kappa shape index (κ3) is 4.78. The number of hydrogen-bond acceptors (Lipinski definition) is 2. The molecule has 2 nitrogen and oxygen atoms in total. The van der Waals surface area contributed by atoms with Gasteiger partial charge in [-0.3, -0.25) is 0 Å². The maximum Gasteiger partial charge on any atom is 0.124 e. The highest BCUT2D eigenvalue weighted by Crippen LogP contribution is 2.22. The predicted octanol–water partition coefficient (Wildman–Crippen LogP) is 3.67. The maximum absolute atomic E-state index is 5.94. The first-order chi connectivity index (χ1) is 8.02. The number of rotatable bonds is 6. The molecule has 1 aromatic carbocycles. The van der Waals surface area contributed by atoms with Crippen LogP contribution in [-0.2, 0) is 6.54 Å². The van der Waals surface area contributed by atoms with Crippen molar-refractivity contribution >= 4 is 0 Å². The van der Waals surface area contributed by atoms with E-state index in [2.05, 4.69) is 58.1 Å². The summed E-state index contributed by atoms with van der Waals surface area (Å²) in [7, 11) is 0. The average Bonchev–Trinajstić information content (AvgIpc) is 2.29. The first kappa shape index (κ1) is 14.0. The molecule has 0 saturated heterocycles. The lowest BCUT2D eigenvalue weighted by Crippen LogP contribution is -2.22. The van der Waals surface area contributed by atoms with Crippen LogP contribution in [-0.4, -0.2) is 12.1 Å². The highest BCUT2D eigenvalue weighted by Gasteiger charge is 2.07. The van der Waals surface area contributed by atoms with Crippen molar-refractivity contribution in [3.8, 4) is 5.75 Å². The van der Waals surface area contributed by atoms with Crippen molar-refractivity contribution in [2.75, 3.05) is 0 Å². The second kappa shape index (κ2) is 6.65. The lowest BCUT2D eigenvalue weighted by Gasteiger charge is -2.18. The summed E-state index contributed by atoms with van der Waals surface area (Å²) >= 11 is 0. The number of hydrogen-bond donors (Lipinski definition) is 1. The summed E-state index contributed by atoms with van der Waals surface area (Å²) in [5.41, 5.74) is 2.53. The number of ether oxygens (including phenoxy) is 1. The van der Waals surface area contributed by atoms with Gasteiger partial charge in [-0.2, -0.15) is 0 Å². The van der Waals surface area contributed by atoms with E-state index in [4.69, 9.17) is 4.74 Å². The highest BCUT2D eigenvalue weighted by molar-refractivity contribution is 5.37. The summed E-state index contributed by atoms with van der Waals surface area (Å²) in [6.07, 6.45) is 1.31. The van der Waals surface area contributed by atoms with Crippen LogP contribution in [0.4, 0.5) is 0 Å². The van der Waals surface area contributed by atoms with Gasteiger partial charge in [0.15, 0.2) is 0 Å². The van der Waals surface area contributed by atoms with E-state index in [9.17, 15) is 0 Å². The quantitative estimate of drug-likeness (QED) is 0.812. The Morgan fingerprint density at radius 3 is 2.53 bits per heavy atom. The SMILES string of the molecule is CCC(C)Oc1ccc(C)cc1CNC(C)C. The van der Waals surface area contributed by atoms with Gasteiger partial charge in [0.1, 0.15) is 5.75 Å². The van der Waals surface area contributed by atoms with Gasteiger partial charge < -0.3 is 10.1 Å². The number of nitrogens with one attached hydrogen (secondary N) is 1. The van der Waals surface area contributed by atoms with E-state index in [0.29, 0.717) is 6.04 Å². The Balaban J connectivity index is 2.79. The molecule has 0 aliphatic rings. The fraction of sp³-hybridized carbons (Fsp3) is 0.600. The van der Waals surface area contributed by atoms with E-state index in [-0.39, 0.29) is 6.10 Å². The van der Waals surface area contributed by atoms with E-state index < -0.39 is 0 Å². The molecule has 0 heterocycles. The molecule has 1 rings (SSSR count). The van der Waals surface area contributed by atoms with Gasteiger partial charge >= 0.3 is 0 Å². The summed E-state index contributed by atoms with van der Waals surface area (Å²) in [4.78, 5) is 0. The molecule has 0 amide bonds. The van der Waals surface area contributed by atoms with Gasteiger partial charge in [0.05, 0.1) is 6.10 Å². The van der Waals surface area contributed by atoms with E-state index >= 15 is 0 Å². The molecule has 96 valence electrons. The van der Waals surface area contributed by atoms with Gasteiger partial charge in [0.2, 0.25) is 0 Å². The van der Waals surface area contributed by atoms with Crippen LogP contribution < -0.4 is 10.1 Å². The minimum atomic E-state index is 0.274. The predicted molar refractivity (Wildman–Crippen MR) is 73.5 cm³/mol. The zero-order valence-electron chi connectivity index (χ0n) is 11.7. The van der Waals surface area contributed by atoms with Crippen LogP contribution in [0.3, 0.4) is 0 Å². The summed E-state index contributed by atoms with van der Waals surface area (Å²) in [5.74, 6) is 1.01. The molecule has 0 aliphatic heterocycles. The van der Waals surface area contributed by atoms with Crippen molar-refractivity contribution in [2.24, 2.45) is 0 Å². The lowest BCUT2D eigenvalue weighted by atomic mass is 10.1. The van der Waals surface area contributed by atoms with Gasteiger partial charge in [-0.05, 0) is 26.3 Å². The fourth-order valence-corrected chi connectivity index (χ4v) is 1.58. The Labute approximate surface area is 105 Å². The lowest BCUT2D eigenvalue weighted by molar-refractivity contribution is 0.214. The largest absolute Gasteiger partial charge is 0.490 e. The average molecular weight is 235 g/mol. The molecule has 1 aromatic rings. The molecule has 0 bridgehead atoms. The first-order valence-electron chi connectivity index (χ1n) is 6.52. The van der Waals surface area contributed by atoms with Gasteiger partial charge in [-0.1, -0.05) is 38.5 Å². The van der Waals surface area contributed by atoms with Crippen LogP contribution in [0, 0.1) is 6.92 Å². The minimum Gasteiger partial charge on any atom is -0.490 e. The van der Waals surface area contributed by atoms with Crippen LogP contribution in [0.15, 0.2) is 18.2 Å². The van der Waals surface area contributed by atoms with Crippen molar-refractivity contribution in [1.82, 2.24) is 5.32 Å². The molecule has 1 N–H and O–H groups in total. The van der Waals surface area contributed by atoms with Crippen molar-refractivity contribution < 1.29 is 4.74 Å². The third-order valence-corrected chi connectivity index (χ3v) is 2.82. The summed E-state index contributed by atoms with van der Waals surface area (Å²) in [6.45, 7) is 11.6. The van der Waals surface area contributed by atoms with Crippen LogP contribution in [0.5, 0.6) is 5.75 Å². The standard InChI is InChI=1S/C15H25NO/c1-6-13(5)17-15-8-7-12(4)9-14(15)10-16-11(2)3/h7-9,11,13,16H,6,10H2,1-5H3. The van der Waals surface area contributed by atoms with Gasteiger partial charge in [-0.25, -0.2) is 0 Å². The molecule has 0 radical (unpaired) electrons. The summed E-state index contributed by atoms with van der Waals surface area (Å²) in [5, 5.41) is 3.44. The minimum absolute atomic E-state index is 0.274. The van der Waals surface area contributed by atoms with Crippen molar-refractivity contribution in [3.63, 3.8) is 0 Å². The van der Waals surface area contributed by atoms with E-state index in [0.717, 1.165) is 18.7 Å². The Hall–Kier alpha value is -1.02. The van der Waals surface area contributed by atoms with Crippen LogP contribution >= 0.6 is 0 Å². The van der Waals surface area contributed by atoms with Crippen LogP contribution in [0.25, 0.3) is 0 Å². The van der Waals surface area contributed by atoms with E-state index in [1.807, 2.05) is 0 Å². The Kier molecular flexibility index (Phi) is 5.49. The fourth-order valence-electron chi connectivity index (χ4n) is 1.58. The van der Waals surface area contributed by atoms with E-state index in [1.165, 1.54) is 11.1 Å².